The number of nitrogens with one attached hydrogen (secondary N) is 4. The fourth-order valence-corrected chi connectivity index (χ4v) is 9.06. The average Bonchev–Trinajstić information content (AvgIpc) is 4.13. The number of rotatable bonds is 4. The lowest BCUT2D eigenvalue weighted by atomic mass is 9.89. The van der Waals surface area contributed by atoms with Gasteiger partial charge >= 0.3 is 0 Å². The van der Waals surface area contributed by atoms with Crippen LogP contribution >= 0.6 is 0 Å². The molecule has 0 saturated heterocycles. The first-order valence-corrected chi connectivity index (χ1v) is 19.4. The first kappa shape index (κ1) is 32.2. The van der Waals surface area contributed by atoms with E-state index in [-0.39, 0.29) is 0 Å². The minimum absolute atomic E-state index is 0.980. The molecule has 8 heterocycles. The zero-order valence-electron chi connectivity index (χ0n) is 31.1. The minimum Gasteiger partial charge on any atom is -0.354 e. The summed E-state index contributed by atoms with van der Waals surface area (Å²) in [6.45, 7) is 0. The molecule has 8 bridgehead atoms. The SMILES string of the molecule is c1cc2ccc3ccc(C4=c5ccc([nH]5)=C(c5ccncc5)c5ccc([nH]5)C(c5ccncc5)=c5ccc([nH]5)=C(c5ccncc5)c5ccc4[nH]5)c4ccc(c1)c2c34. The van der Waals surface area contributed by atoms with Gasteiger partial charge in [-0.25, -0.2) is 0 Å². The standard InChI is InChI=1S/C51H33N7/c1-2-30-4-5-32-7-9-37(36-8-6-31(3-1)46(30)47(32)36)51-44-16-14-42(57-44)49(34-20-26-53-27-21-34)40-12-10-38(55-40)48(33-18-24-52-25-19-33)39-11-13-41(56-39)50(35-22-28-54-29-23-35)43-15-17-45(51)58-43/h1-29,55-58H. The van der Waals surface area contributed by atoms with E-state index in [2.05, 4.69) is 174 Å². The fourth-order valence-electron chi connectivity index (χ4n) is 9.06. The van der Waals surface area contributed by atoms with Crippen molar-refractivity contribution in [3.8, 4) is 0 Å². The largest absolute Gasteiger partial charge is 0.354 e. The summed E-state index contributed by atoms with van der Waals surface area (Å²) in [5.74, 6) is 0. The Morgan fingerprint density at radius 1 is 0.293 bits per heavy atom. The number of aromatic amines is 4. The molecule has 4 aromatic carbocycles. The molecule has 0 fully saturated rings. The summed E-state index contributed by atoms with van der Waals surface area (Å²) < 4.78 is 0. The van der Waals surface area contributed by atoms with E-state index < -0.39 is 0 Å². The van der Waals surface area contributed by atoms with Gasteiger partial charge < -0.3 is 19.9 Å². The van der Waals surface area contributed by atoms with Gasteiger partial charge in [-0.3, -0.25) is 15.0 Å². The number of benzene rings is 4. The zero-order chi connectivity index (χ0) is 38.2. The molecule has 7 aromatic heterocycles. The molecular formula is C51H33N7. The molecule has 1 aliphatic heterocycles. The van der Waals surface area contributed by atoms with Crippen LogP contribution in [0, 0.1) is 0 Å². The molecule has 7 nitrogen and oxygen atoms in total. The van der Waals surface area contributed by atoms with Crippen LogP contribution in [0.3, 0.4) is 0 Å². The van der Waals surface area contributed by atoms with Crippen molar-refractivity contribution >= 4 is 54.6 Å². The van der Waals surface area contributed by atoms with E-state index in [0.717, 1.165) is 88.7 Å². The van der Waals surface area contributed by atoms with Crippen molar-refractivity contribution in [3.63, 3.8) is 0 Å². The van der Waals surface area contributed by atoms with Gasteiger partial charge in [0.15, 0.2) is 0 Å². The average molecular weight is 744 g/mol. The highest BCUT2D eigenvalue weighted by Crippen LogP contribution is 2.39. The highest BCUT2D eigenvalue weighted by Gasteiger charge is 2.20. The lowest BCUT2D eigenvalue weighted by molar-refractivity contribution is 1.18. The Balaban J connectivity index is 1.23. The molecule has 1 aliphatic rings. The van der Waals surface area contributed by atoms with Crippen LogP contribution in [0.2, 0.25) is 0 Å². The van der Waals surface area contributed by atoms with E-state index in [1.165, 1.54) is 32.3 Å². The Morgan fingerprint density at radius 3 is 1.14 bits per heavy atom. The number of nitrogens with zero attached hydrogens (tertiary/aromatic N) is 3. The molecule has 272 valence electrons. The van der Waals surface area contributed by atoms with E-state index in [4.69, 9.17) is 0 Å². The number of hydrogen-bond acceptors (Lipinski definition) is 3. The number of H-pyrrole nitrogens is 4. The van der Waals surface area contributed by atoms with Crippen molar-refractivity contribution in [2.45, 2.75) is 0 Å². The highest BCUT2D eigenvalue weighted by atomic mass is 14.8. The Kier molecular flexibility index (Phi) is 7.09. The molecular weight excluding hydrogens is 711 g/mol. The van der Waals surface area contributed by atoms with Crippen molar-refractivity contribution in [2.75, 3.05) is 0 Å². The number of pyridine rings is 3. The molecule has 0 amide bonds. The first-order chi connectivity index (χ1) is 28.7. The molecule has 0 spiro atoms. The Labute approximate surface area is 331 Å². The van der Waals surface area contributed by atoms with Crippen molar-refractivity contribution < 1.29 is 0 Å². The Morgan fingerprint density at radius 2 is 0.672 bits per heavy atom. The van der Waals surface area contributed by atoms with Gasteiger partial charge in [0, 0.05) is 104 Å². The van der Waals surface area contributed by atoms with Gasteiger partial charge in [-0.2, -0.15) is 0 Å². The second-order valence-electron chi connectivity index (χ2n) is 14.8. The summed E-state index contributed by atoms with van der Waals surface area (Å²) in [5, 5.41) is 11.4. The number of fused-ring (bicyclic) bond motifs is 8. The smallest absolute Gasteiger partial charge is 0.0486 e. The molecule has 0 atom stereocenters. The third kappa shape index (κ3) is 5.04. The van der Waals surface area contributed by atoms with Crippen LogP contribution < -0.4 is 21.4 Å². The predicted molar refractivity (Wildman–Crippen MR) is 231 cm³/mol. The number of aromatic nitrogens is 7. The Hall–Kier alpha value is -8.03. The van der Waals surface area contributed by atoms with E-state index in [1.54, 1.807) is 0 Å². The Bertz CT molecular complexity index is 3590. The summed E-state index contributed by atoms with van der Waals surface area (Å²) in [5.41, 5.74) is 12.5. The van der Waals surface area contributed by atoms with Crippen molar-refractivity contribution in [1.82, 2.24) is 34.9 Å². The summed E-state index contributed by atoms with van der Waals surface area (Å²) in [6.07, 6.45) is 11.1. The van der Waals surface area contributed by atoms with Crippen LogP contribution in [0.5, 0.6) is 0 Å². The molecule has 0 unspecified atom stereocenters. The zero-order valence-corrected chi connectivity index (χ0v) is 31.1. The predicted octanol–water partition coefficient (Wildman–Crippen LogP) is 7.38. The molecule has 7 heteroatoms. The molecule has 0 saturated carbocycles. The van der Waals surface area contributed by atoms with E-state index >= 15 is 0 Å². The van der Waals surface area contributed by atoms with Crippen LogP contribution in [-0.2, 0) is 0 Å². The van der Waals surface area contributed by atoms with Gasteiger partial charge in [0.2, 0.25) is 0 Å². The van der Waals surface area contributed by atoms with Gasteiger partial charge in [-0.15, -0.1) is 0 Å². The van der Waals surface area contributed by atoms with E-state index in [1.807, 2.05) is 37.2 Å². The van der Waals surface area contributed by atoms with Crippen LogP contribution in [-0.4, -0.2) is 34.9 Å². The summed E-state index contributed by atoms with van der Waals surface area (Å²) in [6, 6.07) is 50.0. The van der Waals surface area contributed by atoms with Gasteiger partial charge in [-0.05, 0) is 140 Å². The molecule has 58 heavy (non-hydrogen) atoms. The fraction of sp³-hybridized carbons (Fsp3) is 0. The van der Waals surface area contributed by atoms with Gasteiger partial charge in [0.05, 0.1) is 0 Å². The third-order valence-electron chi connectivity index (χ3n) is 11.6. The van der Waals surface area contributed by atoms with Crippen LogP contribution in [0.25, 0.3) is 54.6 Å². The van der Waals surface area contributed by atoms with Gasteiger partial charge in [0.25, 0.3) is 0 Å². The maximum Gasteiger partial charge on any atom is 0.0486 e. The summed E-state index contributed by atoms with van der Waals surface area (Å²) in [4.78, 5) is 28.6. The van der Waals surface area contributed by atoms with Crippen LogP contribution in [0.1, 0.15) is 45.0 Å². The first-order valence-electron chi connectivity index (χ1n) is 19.4. The van der Waals surface area contributed by atoms with Gasteiger partial charge in [-0.1, -0.05) is 54.6 Å². The topological polar surface area (TPSA) is 102 Å². The van der Waals surface area contributed by atoms with Gasteiger partial charge in [0.1, 0.15) is 0 Å². The lowest BCUT2D eigenvalue weighted by Crippen LogP contribution is -2.19. The summed E-state index contributed by atoms with van der Waals surface area (Å²) in [7, 11) is 0. The molecule has 12 rings (SSSR count). The van der Waals surface area contributed by atoms with Crippen LogP contribution in [0.15, 0.2) is 177 Å². The molecule has 11 aromatic rings. The quantitative estimate of drug-likeness (QED) is 0.142. The monoisotopic (exact) mass is 743 g/mol. The molecule has 0 aliphatic carbocycles. The van der Waals surface area contributed by atoms with Crippen molar-refractivity contribution in [3.05, 3.63) is 243 Å². The lowest BCUT2D eigenvalue weighted by Gasteiger charge is -2.15. The minimum atomic E-state index is 0.980. The van der Waals surface area contributed by atoms with E-state index in [0.29, 0.717) is 0 Å². The third-order valence-corrected chi connectivity index (χ3v) is 11.6. The second-order valence-corrected chi connectivity index (χ2v) is 14.8. The number of hydrogen-bond donors (Lipinski definition) is 4. The van der Waals surface area contributed by atoms with Crippen molar-refractivity contribution in [1.29, 1.82) is 0 Å². The maximum atomic E-state index is 4.37. The highest BCUT2D eigenvalue weighted by molar-refractivity contribution is 6.24. The second kappa shape index (κ2) is 12.8. The summed E-state index contributed by atoms with van der Waals surface area (Å²) >= 11 is 0. The van der Waals surface area contributed by atoms with Crippen molar-refractivity contribution in [2.24, 2.45) is 0 Å². The molecule has 0 radical (unpaired) electrons. The van der Waals surface area contributed by atoms with E-state index in [9.17, 15) is 0 Å². The van der Waals surface area contributed by atoms with Crippen LogP contribution in [0.4, 0.5) is 0 Å². The normalized spacial score (nSPS) is 13.0. The maximum absolute atomic E-state index is 4.37. The molecule has 4 N–H and O–H groups in total.